The third-order valence-electron chi connectivity index (χ3n) is 7.27. The summed E-state index contributed by atoms with van der Waals surface area (Å²) in [7, 11) is 0. The highest BCUT2D eigenvalue weighted by molar-refractivity contribution is 5.69. The molecule has 0 amide bonds. The van der Waals surface area contributed by atoms with Crippen LogP contribution in [-0.2, 0) is 23.7 Å². The number of unbranched alkanes of at least 4 members (excludes halogenated alkanes) is 10. The number of carbonyl (C=O) groups is 1. The Morgan fingerprint density at radius 1 is 0.737 bits per heavy atom. The van der Waals surface area contributed by atoms with Crippen LogP contribution in [0.4, 0.5) is 0 Å². The molecule has 224 valence electrons. The molecule has 0 aromatic carbocycles. The summed E-state index contributed by atoms with van der Waals surface area (Å²) in [5.74, 6) is -2.83. The van der Waals surface area contributed by atoms with Gasteiger partial charge in [0.15, 0.2) is 6.29 Å². The van der Waals surface area contributed by atoms with Crippen LogP contribution in [0.2, 0.25) is 0 Å². The quantitative estimate of drug-likeness (QED) is 0.0879. The lowest BCUT2D eigenvalue weighted by Gasteiger charge is -2.43. The van der Waals surface area contributed by atoms with E-state index < -0.39 is 80.6 Å². The molecule has 0 aromatic heterocycles. The fourth-order valence-corrected chi connectivity index (χ4v) is 4.80. The summed E-state index contributed by atoms with van der Waals surface area (Å²) < 4.78 is 21.7. The van der Waals surface area contributed by atoms with Gasteiger partial charge in [-0.3, -0.25) is 4.79 Å². The second-order valence-corrected chi connectivity index (χ2v) is 10.3. The topological polar surface area (TPSA) is 196 Å². The predicted octanol–water partition coefficient (Wildman–Crippen LogP) is -0.144. The van der Waals surface area contributed by atoms with E-state index in [1.54, 1.807) is 0 Å². The number of aliphatic hydroxyl groups excluding tert-OH is 7. The van der Waals surface area contributed by atoms with Gasteiger partial charge in [-0.2, -0.15) is 0 Å². The lowest BCUT2D eigenvalue weighted by Crippen LogP contribution is -2.62. The van der Waals surface area contributed by atoms with Gasteiger partial charge in [-0.1, -0.05) is 71.1 Å². The second-order valence-electron chi connectivity index (χ2n) is 10.3. The molecule has 0 radical (unpaired) electrons. The largest absolute Gasteiger partial charge is 0.460 e. The Bertz CT molecular complexity index is 664. The molecule has 2 fully saturated rings. The third kappa shape index (κ3) is 9.33. The maximum absolute atomic E-state index is 12.4. The van der Waals surface area contributed by atoms with E-state index in [1.807, 2.05) is 0 Å². The van der Waals surface area contributed by atoms with Crippen LogP contribution in [0.15, 0.2) is 0 Å². The van der Waals surface area contributed by atoms with Crippen LogP contribution >= 0.6 is 0 Å². The molecule has 0 aliphatic carbocycles. The summed E-state index contributed by atoms with van der Waals surface area (Å²) in [4.78, 5) is 12.4. The van der Waals surface area contributed by atoms with Crippen LogP contribution in [0.25, 0.3) is 0 Å². The Morgan fingerprint density at radius 2 is 1.29 bits per heavy atom. The molecule has 2 saturated heterocycles. The van der Waals surface area contributed by atoms with Crippen molar-refractivity contribution < 1.29 is 59.5 Å². The van der Waals surface area contributed by atoms with Crippen LogP contribution in [0.1, 0.15) is 84.0 Å². The summed E-state index contributed by atoms with van der Waals surface area (Å²) in [6, 6.07) is 0. The average Bonchev–Trinajstić information content (AvgIpc) is 3.15. The molecule has 0 saturated carbocycles. The first-order valence-corrected chi connectivity index (χ1v) is 14.0. The smallest absolute Gasteiger partial charge is 0.305 e. The van der Waals surface area contributed by atoms with Crippen molar-refractivity contribution in [3.8, 4) is 0 Å². The molecule has 12 heteroatoms. The zero-order valence-corrected chi connectivity index (χ0v) is 22.4. The number of carbonyl (C=O) groups excluding carboxylic acids is 1. The number of hydrogen-bond acceptors (Lipinski definition) is 12. The highest BCUT2D eigenvalue weighted by Gasteiger charge is 2.59. The van der Waals surface area contributed by atoms with E-state index in [-0.39, 0.29) is 6.42 Å². The minimum Gasteiger partial charge on any atom is -0.460 e. The molecule has 2 aliphatic heterocycles. The number of rotatable bonds is 18. The summed E-state index contributed by atoms with van der Waals surface area (Å²) in [6.07, 6.45) is -0.452. The van der Waals surface area contributed by atoms with Crippen molar-refractivity contribution in [3.05, 3.63) is 0 Å². The molecule has 0 unspecified atom stereocenters. The standard InChI is InChI=1S/C26H48O12/c1-2-3-4-5-6-7-8-9-10-11-12-13-19(29)35-16-26(24(34)21(31)18(15-28)37-26)38-25-23(33)22(32)20(30)17(14-27)36-25/h17-18,20-25,27-28,30-34H,2-16H2,1H3/t17-,18-,20-,21-,22+,23-,24+,25-,26+/m1/s1. The maximum atomic E-state index is 12.4. The van der Waals surface area contributed by atoms with Gasteiger partial charge in [0.25, 0.3) is 0 Å². The van der Waals surface area contributed by atoms with Gasteiger partial charge in [0.05, 0.1) is 13.2 Å². The summed E-state index contributed by atoms with van der Waals surface area (Å²) in [5, 5.41) is 70.2. The van der Waals surface area contributed by atoms with Crippen LogP contribution < -0.4 is 0 Å². The Kier molecular flexibility index (Phi) is 14.9. The van der Waals surface area contributed by atoms with Crippen LogP contribution in [0, 0.1) is 0 Å². The molecule has 9 atom stereocenters. The first kappa shape index (κ1) is 33.3. The fourth-order valence-electron chi connectivity index (χ4n) is 4.80. The highest BCUT2D eigenvalue weighted by Crippen LogP contribution is 2.36. The average molecular weight is 553 g/mol. The third-order valence-corrected chi connectivity index (χ3v) is 7.27. The molecular formula is C26H48O12. The number of ether oxygens (including phenoxy) is 4. The molecule has 0 spiro atoms. The molecule has 12 nitrogen and oxygen atoms in total. The van der Waals surface area contributed by atoms with Gasteiger partial charge in [0.2, 0.25) is 5.79 Å². The Labute approximate surface area is 224 Å². The minimum atomic E-state index is -2.24. The van der Waals surface area contributed by atoms with Gasteiger partial charge in [-0.25, -0.2) is 0 Å². The SMILES string of the molecule is CCCCCCCCCCCCCC(=O)OC[C@@]1(O[C@H]2O[C@H](CO)[C@@H](O)[C@H](O)[C@H]2O)O[C@H](CO)[C@@H](O)[C@@H]1O. The number of aliphatic hydroxyl groups is 7. The van der Waals surface area contributed by atoms with Gasteiger partial charge < -0.3 is 54.7 Å². The van der Waals surface area contributed by atoms with Gasteiger partial charge in [0.1, 0.15) is 49.3 Å². The second kappa shape index (κ2) is 17.0. The van der Waals surface area contributed by atoms with E-state index in [0.717, 1.165) is 19.3 Å². The molecule has 38 heavy (non-hydrogen) atoms. The van der Waals surface area contributed by atoms with Gasteiger partial charge in [0, 0.05) is 6.42 Å². The fraction of sp³-hybridized carbons (Fsp3) is 0.962. The van der Waals surface area contributed by atoms with Crippen molar-refractivity contribution in [1.82, 2.24) is 0 Å². The van der Waals surface area contributed by atoms with Crippen molar-refractivity contribution in [1.29, 1.82) is 0 Å². The Balaban J connectivity index is 1.83. The normalized spacial score (nSPS) is 35.5. The Hall–Kier alpha value is -0.930. The highest BCUT2D eigenvalue weighted by atomic mass is 16.8. The molecular weight excluding hydrogens is 504 g/mol. The first-order chi connectivity index (χ1) is 18.2. The zero-order valence-electron chi connectivity index (χ0n) is 22.4. The summed E-state index contributed by atoms with van der Waals surface area (Å²) >= 11 is 0. The summed E-state index contributed by atoms with van der Waals surface area (Å²) in [6.45, 7) is 0.101. The van der Waals surface area contributed by atoms with Crippen LogP contribution in [-0.4, -0.2) is 116 Å². The van der Waals surface area contributed by atoms with E-state index in [0.29, 0.717) is 6.42 Å². The van der Waals surface area contributed by atoms with E-state index in [9.17, 15) is 40.5 Å². The molecule has 2 aliphatic rings. The zero-order chi connectivity index (χ0) is 28.1. The van der Waals surface area contributed by atoms with E-state index >= 15 is 0 Å². The molecule has 2 rings (SSSR count). The van der Waals surface area contributed by atoms with Crippen molar-refractivity contribution in [2.75, 3.05) is 19.8 Å². The van der Waals surface area contributed by atoms with E-state index in [4.69, 9.17) is 18.9 Å². The molecule has 7 N–H and O–H groups in total. The van der Waals surface area contributed by atoms with Crippen LogP contribution in [0.5, 0.6) is 0 Å². The molecule has 0 bridgehead atoms. The maximum Gasteiger partial charge on any atom is 0.305 e. The monoisotopic (exact) mass is 552 g/mol. The lowest BCUT2D eigenvalue weighted by molar-refractivity contribution is -0.383. The van der Waals surface area contributed by atoms with E-state index in [1.165, 1.54) is 44.9 Å². The van der Waals surface area contributed by atoms with Gasteiger partial charge in [-0.15, -0.1) is 0 Å². The minimum absolute atomic E-state index is 0.120. The summed E-state index contributed by atoms with van der Waals surface area (Å²) in [5.41, 5.74) is 0. The number of hydrogen-bond donors (Lipinski definition) is 7. The molecule has 0 aromatic rings. The van der Waals surface area contributed by atoms with E-state index in [2.05, 4.69) is 6.92 Å². The van der Waals surface area contributed by atoms with Crippen molar-refractivity contribution >= 4 is 5.97 Å². The van der Waals surface area contributed by atoms with Gasteiger partial charge >= 0.3 is 5.97 Å². The number of esters is 1. The lowest BCUT2D eigenvalue weighted by atomic mass is 9.99. The van der Waals surface area contributed by atoms with Gasteiger partial charge in [-0.05, 0) is 6.42 Å². The van der Waals surface area contributed by atoms with Crippen LogP contribution in [0.3, 0.4) is 0 Å². The first-order valence-electron chi connectivity index (χ1n) is 14.0. The van der Waals surface area contributed by atoms with Crippen molar-refractivity contribution in [2.45, 2.75) is 139 Å². The van der Waals surface area contributed by atoms with Crippen molar-refractivity contribution in [3.63, 3.8) is 0 Å². The predicted molar refractivity (Wildman–Crippen MR) is 134 cm³/mol. The molecule has 2 heterocycles. The van der Waals surface area contributed by atoms with Crippen molar-refractivity contribution in [2.24, 2.45) is 0 Å². The Morgan fingerprint density at radius 3 is 1.82 bits per heavy atom.